The molecule has 0 aliphatic carbocycles. The van der Waals surface area contributed by atoms with E-state index in [0.717, 1.165) is 28.0 Å². The van der Waals surface area contributed by atoms with Crippen LogP contribution in [-0.4, -0.2) is 21.8 Å². The molecule has 0 spiro atoms. The van der Waals surface area contributed by atoms with Gasteiger partial charge in [0.25, 0.3) is 5.91 Å². The first-order chi connectivity index (χ1) is 14.1. The van der Waals surface area contributed by atoms with Gasteiger partial charge in [-0.25, -0.2) is 4.98 Å². The van der Waals surface area contributed by atoms with Gasteiger partial charge in [0.1, 0.15) is 11.9 Å². The summed E-state index contributed by atoms with van der Waals surface area (Å²) in [6.07, 6.45) is 0. The van der Waals surface area contributed by atoms with Crippen LogP contribution in [0.2, 0.25) is 0 Å². The molecular formula is C23H21N5O. The van der Waals surface area contributed by atoms with Gasteiger partial charge in [-0.1, -0.05) is 24.3 Å². The minimum absolute atomic E-state index is 0.0682. The number of fused-ring (bicyclic) bond motifs is 3. The van der Waals surface area contributed by atoms with E-state index in [4.69, 9.17) is 0 Å². The van der Waals surface area contributed by atoms with E-state index in [9.17, 15) is 10.1 Å². The SMILES string of the molecule is CCNC(=O)c1ccc(CNc2cc(C)c(C#N)c3nc4ccccc4n23)cc1. The Bertz CT molecular complexity index is 1250. The number of pyridine rings is 1. The van der Waals surface area contributed by atoms with E-state index in [-0.39, 0.29) is 5.91 Å². The number of hydrogen-bond acceptors (Lipinski definition) is 4. The highest BCUT2D eigenvalue weighted by Gasteiger charge is 2.15. The Balaban J connectivity index is 1.68. The highest BCUT2D eigenvalue weighted by atomic mass is 16.1. The Morgan fingerprint density at radius 3 is 2.66 bits per heavy atom. The summed E-state index contributed by atoms with van der Waals surface area (Å²) in [4.78, 5) is 16.6. The van der Waals surface area contributed by atoms with E-state index in [2.05, 4.69) is 21.7 Å². The molecule has 29 heavy (non-hydrogen) atoms. The topological polar surface area (TPSA) is 82.2 Å². The average Bonchev–Trinajstić information content (AvgIpc) is 3.12. The number of nitrogens with zero attached hydrogens (tertiary/aromatic N) is 3. The molecule has 144 valence electrons. The lowest BCUT2D eigenvalue weighted by molar-refractivity contribution is 0.0956. The molecule has 2 aromatic heterocycles. The van der Waals surface area contributed by atoms with Crippen LogP contribution in [0.1, 0.15) is 34.0 Å². The third kappa shape index (κ3) is 3.39. The number of anilines is 1. The second-order valence-electron chi connectivity index (χ2n) is 6.87. The maximum absolute atomic E-state index is 11.9. The van der Waals surface area contributed by atoms with Gasteiger partial charge in [0.05, 0.1) is 16.6 Å². The monoisotopic (exact) mass is 383 g/mol. The fraction of sp³-hybridized carbons (Fsp3) is 0.174. The minimum atomic E-state index is -0.0682. The summed E-state index contributed by atoms with van der Waals surface area (Å²) in [5, 5.41) is 15.9. The van der Waals surface area contributed by atoms with E-state index in [1.807, 2.05) is 72.8 Å². The summed E-state index contributed by atoms with van der Waals surface area (Å²) < 4.78 is 1.99. The molecule has 0 saturated carbocycles. The molecule has 1 amide bonds. The van der Waals surface area contributed by atoms with Crippen molar-refractivity contribution in [2.45, 2.75) is 20.4 Å². The minimum Gasteiger partial charge on any atom is -0.367 e. The number of carbonyl (C=O) groups is 1. The fourth-order valence-electron chi connectivity index (χ4n) is 3.45. The van der Waals surface area contributed by atoms with E-state index in [1.165, 1.54) is 0 Å². The Hall–Kier alpha value is -3.85. The van der Waals surface area contributed by atoms with Gasteiger partial charge in [-0.15, -0.1) is 0 Å². The standard InChI is InChI=1S/C23H21N5O/c1-3-25-23(29)17-10-8-16(9-11-17)14-26-21-12-15(2)18(13-24)22-27-19-6-4-5-7-20(19)28(21)22/h4-12,26H,3,14H2,1-2H3,(H,25,29). The first kappa shape index (κ1) is 18.5. The first-order valence-corrected chi connectivity index (χ1v) is 9.54. The van der Waals surface area contributed by atoms with Gasteiger partial charge < -0.3 is 10.6 Å². The van der Waals surface area contributed by atoms with Crippen molar-refractivity contribution in [3.05, 3.63) is 76.9 Å². The number of benzene rings is 2. The molecule has 0 unspecified atom stereocenters. The second-order valence-corrected chi connectivity index (χ2v) is 6.87. The van der Waals surface area contributed by atoms with Gasteiger partial charge in [0, 0.05) is 18.7 Å². The number of para-hydroxylation sites is 2. The van der Waals surface area contributed by atoms with Crippen LogP contribution in [0.4, 0.5) is 5.82 Å². The van der Waals surface area contributed by atoms with Crippen molar-refractivity contribution in [3.63, 3.8) is 0 Å². The van der Waals surface area contributed by atoms with Crippen LogP contribution in [0.25, 0.3) is 16.7 Å². The Morgan fingerprint density at radius 2 is 1.93 bits per heavy atom. The third-order valence-electron chi connectivity index (χ3n) is 4.91. The predicted molar refractivity (Wildman–Crippen MR) is 114 cm³/mol. The van der Waals surface area contributed by atoms with Crippen LogP contribution in [0.5, 0.6) is 0 Å². The fourth-order valence-corrected chi connectivity index (χ4v) is 3.45. The van der Waals surface area contributed by atoms with Crippen LogP contribution in [0.3, 0.4) is 0 Å². The number of rotatable bonds is 5. The zero-order chi connectivity index (χ0) is 20.4. The van der Waals surface area contributed by atoms with Crippen molar-refractivity contribution >= 4 is 28.4 Å². The largest absolute Gasteiger partial charge is 0.367 e. The molecule has 6 nitrogen and oxygen atoms in total. The molecule has 0 radical (unpaired) electrons. The number of nitrogens with one attached hydrogen (secondary N) is 2. The Labute approximate surface area is 168 Å². The van der Waals surface area contributed by atoms with Crippen molar-refractivity contribution in [2.24, 2.45) is 0 Å². The zero-order valence-corrected chi connectivity index (χ0v) is 16.4. The van der Waals surface area contributed by atoms with Gasteiger partial charge in [0.15, 0.2) is 5.65 Å². The van der Waals surface area contributed by atoms with Gasteiger partial charge in [0.2, 0.25) is 0 Å². The van der Waals surface area contributed by atoms with E-state index in [1.54, 1.807) is 0 Å². The molecule has 0 saturated heterocycles. The van der Waals surface area contributed by atoms with Crippen molar-refractivity contribution in [2.75, 3.05) is 11.9 Å². The average molecular weight is 383 g/mol. The van der Waals surface area contributed by atoms with Gasteiger partial charge in [-0.2, -0.15) is 5.26 Å². The van der Waals surface area contributed by atoms with Gasteiger partial charge in [-0.3, -0.25) is 9.20 Å². The number of imidazole rings is 1. The Kier molecular flexibility index (Phi) is 4.88. The molecule has 4 rings (SSSR count). The number of carbonyl (C=O) groups excluding carboxylic acids is 1. The summed E-state index contributed by atoms with van der Waals surface area (Å²) in [7, 11) is 0. The summed E-state index contributed by atoms with van der Waals surface area (Å²) in [6, 6.07) is 19.6. The van der Waals surface area contributed by atoms with Crippen LogP contribution in [-0.2, 0) is 6.54 Å². The smallest absolute Gasteiger partial charge is 0.251 e. The van der Waals surface area contributed by atoms with Gasteiger partial charge >= 0.3 is 0 Å². The maximum atomic E-state index is 11.9. The lowest BCUT2D eigenvalue weighted by atomic mass is 10.1. The third-order valence-corrected chi connectivity index (χ3v) is 4.91. The molecule has 2 aromatic carbocycles. The van der Waals surface area contributed by atoms with E-state index in [0.29, 0.717) is 29.9 Å². The highest BCUT2D eigenvalue weighted by Crippen LogP contribution is 2.26. The van der Waals surface area contributed by atoms with Crippen molar-refractivity contribution in [1.29, 1.82) is 5.26 Å². The number of nitriles is 1. The Morgan fingerprint density at radius 1 is 1.17 bits per heavy atom. The molecule has 0 aliphatic rings. The molecule has 0 aliphatic heterocycles. The normalized spacial score (nSPS) is 10.8. The molecule has 2 heterocycles. The predicted octanol–water partition coefficient (Wildman–Crippen LogP) is 4.03. The van der Waals surface area contributed by atoms with Gasteiger partial charge in [-0.05, 0) is 55.3 Å². The molecular weight excluding hydrogens is 362 g/mol. The number of aryl methyl sites for hydroxylation is 1. The number of hydrogen-bond donors (Lipinski definition) is 2. The summed E-state index contributed by atoms with van der Waals surface area (Å²) >= 11 is 0. The zero-order valence-electron chi connectivity index (χ0n) is 16.4. The summed E-state index contributed by atoms with van der Waals surface area (Å²) in [5.41, 5.74) is 5.62. The van der Waals surface area contributed by atoms with Crippen LogP contribution >= 0.6 is 0 Å². The molecule has 6 heteroatoms. The highest BCUT2D eigenvalue weighted by molar-refractivity contribution is 5.94. The number of amides is 1. The molecule has 0 fully saturated rings. The first-order valence-electron chi connectivity index (χ1n) is 9.54. The lowest BCUT2D eigenvalue weighted by Gasteiger charge is -2.13. The van der Waals surface area contributed by atoms with E-state index < -0.39 is 0 Å². The number of aromatic nitrogens is 2. The van der Waals surface area contributed by atoms with Crippen molar-refractivity contribution in [3.8, 4) is 6.07 Å². The van der Waals surface area contributed by atoms with Crippen molar-refractivity contribution < 1.29 is 4.79 Å². The van der Waals surface area contributed by atoms with Crippen LogP contribution < -0.4 is 10.6 Å². The van der Waals surface area contributed by atoms with Crippen LogP contribution in [0.15, 0.2) is 54.6 Å². The van der Waals surface area contributed by atoms with E-state index >= 15 is 0 Å². The van der Waals surface area contributed by atoms with Crippen molar-refractivity contribution in [1.82, 2.24) is 14.7 Å². The summed E-state index contributed by atoms with van der Waals surface area (Å²) in [6.45, 7) is 5.01. The second kappa shape index (κ2) is 7.64. The molecule has 2 N–H and O–H groups in total. The molecule has 4 aromatic rings. The van der Waals surface area contributed by atoms with Crippen LogP contribution in [0, 0.1) is 18.3 Å². The molecule has 0 atom stereocenters. The lowest BCUT2D eigenvalue weighted by Crippen LogP contribution is -2.22. The quantitative estimate of drug-likeness (QED) is 0.545. The molecule has 0 bridgehead atoms. The maximum Gasteiger partial charge on any atom is 0.251 e. The summed E-state index contributed by atoms with van der Waals surface area (Å²) in [5.74, 6) is 0.805.